The molecule has 0 aromatic carbocycles. The Labute approximate surface area is 136 Å². The third kappa shape index (κ3) is 6.25. The van der Waals surface area contributed by atoms with E-state index in [0.29, 0.717) is 16.4 Å². The fourth-order valence-corrected chi connectivity index (χ4v) is 2.34. The van der Waals surface area contributed by atoms with Gasteiger partial charge in [-0.25, -0.2) is 4.79 Å². The van der Waals surface area contributed by atoms with Crippen LogP contribution in [-0.4, -0.2) is 27.1 Å². The van der Waals surface area contributed by atoms with Crippen LogP contribution < -0.4 is 5.32 Å². The van der Waals surface area contributed by atoms with Gasteiger partial charge in [0.1, 0.15) is 11.6 Å². The van der Waals surface area contributed by atoms with Gasteiger partial charge in [0.05, 0.1) is 0 Å². The van der Waals surface area contributed by atoms with Crippen molar-refractivity contribution < 1.29 is 13.9 Å². The number of carbonyl (C=O) groups excluding carboxylic acids is 1. The molecule has 0 aliphatic heterocycles. The maximum Gasteiger partial charge on any atom is 0.408 e. The van der Waals surface area contributed by atoms with E-state index in [0.717, 1.165) is 6.42 Å². The molecule has 1 N–H and O–H groups in total. The molecule has 0 aliphatic rings. The Morgan fingerprint density at radius 3 is 2.45 bits per heavy atom. The molecule has 1 heterocycles. The minimum atomic E-state index is -0.544. The van der Waals surface area contributed by atoms with Gasteiger partial charge in [-0.2, -0.15) is 0 Å². The highest BCUT2D eigenvalue weighted by Crippen LogP contribution is 2.28. The fraction of sp³-hybridized carbons (Fsp3) is 0.800. The summed E-state index contributed by atoms with van der Waals surface area (Å²) in [5.74, 6) is 0.577. The van der Waals surface area contributed by atoms with Crippen LogP contribution >= 0.6 is 11.8 Å². The van der Waals surface area contributed by atoms with E-state index < -0.39 is 11.7 Å². The van der Waals surface area contributed by atoms with Crippen LogP contribution in [0.2, 0.25) is 0 Å². The van der Waals surface area contributed by atoms with Crippen LogP contribution in [0.3, 0.4) is 0 Å². The van der Waals surface area contributed by atoms with Gasteiger partial charge in [0, 0.05) is 5.25 Å². The summed E-state index contributed by atoms with van der Waals surface area (Å²) in [5.41, 5.74) is -0.544. The smallest absolute Gasteiger partial charge is 0.408 e. The van der Waals surface area contributed by atoms with Crippen molar-refractivity contribution >= 4 is 17.9 Å². The maximum absolute atomic E-state index is 12.0. The standard InChI is InChI=1S/C15H27N3O3S/c1-8-10(4)11(16-13(19)21-15(5,6)7)12-17-18-14(20-12)22-9(2)3/h9-11H,8H2,1-7H3,(H,16,19)/t10-,11-/m1/s1. The summed E-state index contributed by atoms with van der Waals surface area (Å²) in [6.45, 7) is 13.7. The Morgan fingerprint density at radius 2 is 1.95 bits per heavy atom. The Hall–Kier alpha value is -1.24. The van der Waals surface area contributed by atoms with E-state index in [-0.39, 0.29) is 12.0 Å². The highest BCUT2D eigenvalue weighted by molar-refractivity contribution is 7.99. The first-order chi connectivity index (χ1) is 10.1. The van der Waals surface area contributed by atoms with Gasteiger partial charge in [-0.05, 0) is 26.7 Å². The lowest BCUT2D eigenvalue weighted by molar-refractivity contribution is 0.0473. The topological polar surface area (TPSA) is 77.2 Å². The molecular weight excluding hydrogens is 302 g/mol. The highest BCUT2D eigenvalue weighted by atomic mass is 32.2. The number of rotatable bonds is 6. The van der Waals surface area contributed by atoms with Crippen molar-refractivity contribution in [3.05, 3.63) is 5.89 Å². The van der Waals surface area contributed by atoms with Gasteiger partial charge in [-0.3, -0.25) is 0 Å². The quantitative estimate of drug-likeness (QED) is 0.789. The first-order valence-corrected chi connectivity index (χ1v) is 8.50. The van der Waals surface area contributed by atoms with Crippen LogP contribution in [0.4, 0.5) is 4.79 Å². The number of ether oxygens (including phenoxy) is 1. The third-order valence-corrected chi connectivity index (χ3v) is 3.75. The number of hydrogen-bond acceptors (Lipinski definition) is 6. The second-order valence-electron chi connectivity index (χ2n) is 6.58. The van der Waals surface area contributed by atoms with Crippen molar-refractivity contribution in [1.29, 1.82) is 0 Å². The zero-order valence-corrected chi connectivity index (χ0v) is 15.3. The van der Waals surface area contributed by atoms with Gasteiger partial charge in [-0.1, -0.05) is 45.9 Å². The zero-order valence-electron chi connectivity index (χ0n) is 14.5. The maximum atomic E-state index is 12.0. The van der Waals surface area contributed by atoms with E-state index in [1.807, 2.05) is 27.7 Å². The molecule has 22 heavy (non-hydrogen) atoms. The lowest BCUT2D eigenvalue weighted by atomic mass is 9.99. The van der Waals surface area contributed by atoms with Gasteiger partial charge >= 0.3 is 6.09 Å². The average Bonchev–Trinajstić information content (AvgIpc) is 2.80. The zero-order chi connectivity index (χ0) is 16.9. The highest BCUT2D eigenvalue weighted by Gasteiger charge is 2.28. The minimum absolute atomic E-state index is 0.157. The van der Waals surface area contributed by atoms with Gasteiger partial charge < -0.3 is 14.5 Å². The first kappa shape index (κ1) is 18.8. The van der Waals surface area contributed by atoms with Crippen molar-refractivity contribution in [1.82, 2.24) is 15.5 Å². The van der Waals surface area contributed by atoms with Crippen molar-refractivity contribution in [2.24, 2.45) is 5.92 Å². The number of hydrogen-bond donors (Lipinski definition) is 1. The molecule has 0 aliphatic carbocycles. The van der Waals surface area contributed by atoms with Gasteiger partial charge in [-0.15, -0.1) is 10.2 Å². The Morgan fingerprint density at radius 1 is 1.32 bits per heavy atom. The van der Waals surface area contributed by atoms with E-state index in [1.54, 1.807) is 0 Å². The number of thioether (sulfide) groups is 1. The summed E-state index contributed by atoms with van der Waals surface area (Å²) in [4.78, 5) is 12.0. The molecule has 1 rings (SSSR count). The fourth-order valence-electron chi connectivity index (χ4n) is 1.71. The van der Waals surface area contributed by atoms with Gasteiger partial charge in [0.25, 0.3) is 5.22 Å². The minimum Gasteiger partial charge on any atom is -0.444 e. The van der Waals surface area contributed by atoms with E-state index >= 15 is 0 Å². The lowest BCUT2D eigenvalue weighted by Crippen LogP contribution is -2.37. The monoisotopic (exact) mass is 329 g/mol. The molecule has 126 valence electrons. The molecule has 0 saturated heterocycles. The number of aromatic nitrogens is 2. The van der Waals surface area contributed by atoms with Gasteiger partial charge in [0.2, 0.25) is 5.89 Å². The molecule has 0 radical (unpaired) electrons. The molecule has 0 unspecified atom stereocenters. The second kappa shape index (κ2) is 7.85. The largest absolute Gasteiger partial charge is 0.444 e. The number of alkyl carbamates (subject to hydrolysis) is 1. The predicted molar refractivity (Wildman–Crippen MR) is 86.9 cm³/mol. The number of amides is 1. The van der Waals surface area contributed by atoms with Crippen LogP contribution in [0.1, 0.15) is 66.8 Å². The van der Waals surface area contributed by atoms with Crippen LogP contribution in [0, 0.1) is 5.92 Å². The summed E-state index contributed by atoms with van der Waals surface area (Å²) in [6, 6.07) is -0.353. The van der Waals surface area contributed by atoms with Crippen LogP contribution in [-0.2, 0) is 4.74 Å². The summed E-state index contributed by atoms with van der Waals surface area (Å²) in [6.07, 6.45) is 0.393. The number of nitrogens with zero attached hydrogens (tertiary/aromatic N) is 2. The van der Waals surface area contributed by atoms with Crippen LogP contribution in [0.15, 0.2) is 9.64 Å². The molecule has 2 atom stereocenters. The SMILES string of the molecule is CC[C@@H](C)[C@@H](NC(=O)OC(C)(C)C)c1nnc(SC(C)C)o1. The van der Waals surface area contributed by atoms with E-state index in [9.17, 15) is 4.79 Å². The first-order valence-electron chi connectivity index (χ1n) is 7.62. The van der Waals surface area contributed by atoms with Crippen LogP contribution in [0.25, 0.3) is 0 Å². The molecule has 6 nitrogen and oxygen atoms in total. The number of carbonyl (C=O) groups is 1. The van der Waals surface area contributed by atoms with Crippen molar-refractivity contribution in [2.45, 2.75) is 77.0 Å². The van der Waals surface area contributed by atoms with Crippen molar-refractivity contribution in [3.63, 3.8) is 0 Å². The van der Waals surface area contributed by atoms with E-state index in [1.165, 1.54) is 11.8 Å². The normalized spacial score (nSPS) is 14.7. The van der Waals surface area contributed by atoms with Gasteiger partial charge in [0.15, 0.2) is 0 Å². The van der Waals surface area contributed by atoms with Crippen molar-refractivity contribution in [2.75, 3.05) is 0 Å². The molecule has 1 amide bonds. The lowest BCUT2D eigenvalue weighted by Gasteiger charge is -2.24. The Kier molecular flexibility index (Phi) is 6.71. The molecule has 1 aromatic heterocycles. The van der Waals surface area contributed by atoms with Crippen LogP contribution in [0.5, 0.6) is 0 Å². The van der Waals surface area contributed by atoms with E-state index in [2.05, 4.69) is 36.3 Å². The van der Waals surface area contributed by atoms with E-state index in [4.69, 9.17) is 9.15 Å². The number of nitrogens with one attached hydrogen (secondary N) is 1. The Balaban J connectivity index is 2.84. The molecule has 0 saturated carbocycles. The predicted octanol–water partition coefficient (Wildman–Crippen LogP) is 4.18. The molecule has 0 bridgehead atoms. The molecule has 1 aromatic rings. The third-order valence-electron chi connectivity index (χ3n) is 2.91. The molecule has 7 heteroatoms. The average molecular weight is 329 g/mol. The summed E-state index contributed by atoms with van der Waals surface area (Å²) < 4.78 is 11.0. The molecule has 0 fully saturated rings. The molecule has 0 spiro atoms. The summed E-state index contributed by atoms with van der Waals surface area (Å²) >= 11 is 1.50. The Bertz CT molecular complexity index is 483. The molecular formula is C15H27N3O3S. The summed E-state index contributed by atoms with van der Waals surface area (Å²) in [7, 11) is 0. The van der Waals surface area contributed by atoms with Crippen molar-refractivity contribution in [3.8, 4) is 0 Å². The second-order valence-corrected chi connectivity index (χ2v) is 8.11. The summed E-state index contributed by atoms with van der Waals surface area (Å²) in [5, 5.41) is 11.8.